The average Bonchev–Trinajstić information content (AvgIpc) is 2.95. The molecule has 1 aliphatic heterocycles. The number of aliphatic carboxylic acids is 1. The predicted molar refractivity (Wildman–Crippen MR) is 60.5 cm³/mol. The Morgan fingerprint density at radius 3 is 2.00 bits per heavy atom. The van der Waals surface area contributed by atoms with Gasteiger partial charge in [-0.25, -0.2) is 4.79 Å². The van der Waals surface area contributed by atoms with E-state index in [0.717, 1.165) is 6.42 Å². The van der Waals surface area contributed by atoms with Crippen LogP contribution in [0.1, 0.15) is 27.2 Å². The molecule has 112 valence electrons. The summed E-state index contributed by atoms with van der Waals surface area (Å²) >= 11 is 0. The number of ketones is 1. The molecule has 0 radical (unpaired) electrons. The van der Waals surface area contributed by atoms with Crippen LogP contribution in [0.5, 0.6) is 0 Å². The van der Waals surface area contributed by atoms with Gasteiger partial charge in [0.05, 0.1) is 12.6 Å². The van der Waals surface area contributed by atoms with Crippen molar-refractivity contribution in [2.24, 2.45) is 11.7 Å². The second kappa shape index (κ2) is 6.33. The van der Waals surface area contributed by atoms with E-state index in [1.165, 1.54) is 0 Å². The second-order valence-corrected chi connectivity index (χ2v) is 4.92. The van der Waals surface area contributed by atoms with Crippen molar-refractivity contribution in [3.63, 3.8) is 0 Å². The summed E-state index contributed by atoms with van der Waals surface area (Å²) < 4.78 is 36.8. The Labute approximate surface area is 108 Å². The molecule has 2 atom stereocenters. The molecular formula is C11H18F3NO4. The van der Waals surface area contributed by atoms with Gasteiger partial charge in [-0.15, -0.1) is 0 Å². The lowest BCUT2D eigenvalue weighted by Gasteiger charge is -2.14. The average molecular weight is 285 g/mol. The zero-order valence-corrected chi connectivity index (χ0v) is 11.0. The van der Waals surface area contributed by atoms with Crippen LogP contribution < -0.4 is 5.73 Å². The number of ether oxygens (including phenoxy) is 1. The van der Waals surface area contributed by atoms with Crippen molar-refractivity contribution in [2.75, 3.05) is 6.61 Å². The molecule has 1 saturated heterocycles. The fourth-order valence-corrected chi connectivity index (χ4v) is 1.26. The summed E-state index contributed by atoms with van der Waals surface area (Å²) in [4.78, 5) is 20.4. The summed E-state index contributed by atoms with van der Waals surface area (Å²) in [5.41, 5.74) is 5.17. The van der Waals surface area contributed by atoms with Crippen molar-refractivity contribution in [3.8, 4) is 0 Å². The smallest absolute Gasteiger partial charge is 0.475 e. The molecule has 5 nitrogen and oxygen atoms in total. The van der Waals surface area contributed by atoms with E-state index in [2.05, 4.69) is 13.8 Å². The number of carboxylic acid groups (broad SMARTS) is 1. The minimum Gasteiger partial charge on any atom is -0.475 e. The van der Waals surface area contributed by atoms with Crippen LogP contribution in [0.4, 0.5) is 13.2 Å². The molecule has 1 rings (SSSR count). The Kier molecular flexibility index (Phi) is 5.95. The van der Waals surface area contributed by atoms with Gasteiger partial charge in [-0.05, 0) is 19.3 Å². The summed E-state index contributed by atoms with van der Waals surface area (Å²) in [6, 6.07) is -0.350. The summed E-state index contributed by atoms with van der Waals surface area (Å²) in [6.07, 6.45) is -4.34. The van der Waals surface area contributed by atoms with Crippen molar-refractivity contribution in [1.82, 2.24) is 0 Å². The Morgan fingerprint density at radius 1 is 1.42 bits per heavy atom. The highest BCUT2D eigenvalue weighted by atomic mass is 19.4. The summed E-state index contributed by atoms with van der Waals surface area (Å²) in [6.45, 7) is 6.46. The molecular weight excluding hydrogens is 267 g/mol. The van der Waals surface area contributed by atoms with Gasteiger partial charge in [-0.3, -0.25) is 4.79 Å². The number of halogens is 3. The van der Waals surface area contributed by atoms with E-state index >= 15 is 0 Å². The van der Waals surface area contributed by atoms with E-state index < -0.39 is 17.7 Å². The molecule has 0 aromatic heterocycles. The minimum atomic E-state index is -5.08. The topological polar surface area (TPSA) is 92.9 Å². The predicted octanol–water partition coefficient (Wildman–Crippen LogP) is 1.35. The Hall–Kier alpha value is -1.15. The number of carbonyl (C=O) groups is 2. The number of Topliss-reactive ketones (excluding diaryl/α,β-unsaturated/α-hetero) is 1. The third-order valence-electron chi connectivity index (χ3n) is 2.40. The molecule has 0 aromatic carbocycles. The molecule has 19 heavy (non-hydrogen) atoms. The van der Waals surface area contributed by atoms with Crippen LogP contribution in [0.15, 0.2) is 0 Å². The SMILES string of the molecule is CC(C)CC(N)C(=O)[C@@]1(C)CO1.O=C(O)C(F)(F)F. The number of nitrogens with two attached hydrogens (primary N) is 1. The molecule has 0 aromatic rings. The monoisotopic (exact) mass is 285 g/mol. The van der Waals surface area contributed by atoms with E-state index in [1.807, 2.05) is 0 Å². The van der Waals surface area contributed by atoms with Crippen LogP contribution in [0.2, 0.25) is 0 Å². The lowest BCUT2D eigenvalue weighted by Crippen LogP contribution is -2.40. The van der Waals surface area contributed by atoms with E-state index in [0.29, 0.717) is 12.5 Å². The number of hydrogen-bond acceptors (Lipinski definition) is 4. The van der Waals surface area contributed by atoms with Crippen LogP contribution in [-0.2, 0) is 14.3 Å². The molecule has 3 N–H and O–H groups in total. The lowest BCUT2D eigenvalue weighted by molar-refractivity contribution is -0.192. The summed E-state index contributed by atoms with van der Waals surface area (Å²) in [5.74, 6) is -2.24. The van der Waals surface area contributed by atoms with Gasteiger partial charge in [-0.2, -0.15) is 13.2 Å². The lowest BCUT2D eigenvalue weighted by atomic mass is 9.94. The number of epoxide rings is 1. The fourth-order valence-electron chi connectivity index (χ4n) is 1.26. The van der Waals surface area contributed by atoms with E-state index in [9.17, 15) is 18.0 Å². The highest BCUT2D eigenvalue weighted by Crippen LogP contribution is 2.28. The van der Waals surface area contributed by atoms with Gasteiger partial charge < -0.3 is 15.6 Å². The van der Waals surface area contributed by atoms with Crippen molar-refractivity contribution in [2.45, 2.75) is 45.0 Å². The third kappa shape index (κ3) is 6.53. The molecule has 1 fully saturated rings. The highest BCUT2D eigenvalue weighted by Gasteiger charge is 2.48. The maximum atomic E-state index is 11.5. The Morgan fingerprint density at radius 2 is 1.79 bits per heavy atom. The van der Waals surface area contributed by atoms with Gasteiger partial charge in [0.15, 0.2) is 5.78 Å². The molecule has 1 heterocycles. The maximum Gasteiger partial charge on any atom is 0.490 e. The first-order valence-electron chi connectivity index (χ1n) is 5.64. The van der Waals surface area contributed by atoms with Gasteiger partial charge >= 0.3 is 12.1 Å². The standard InChI is InChI=1S/C9H17NO2.C2HF3O2/c1-6(2)4-7(10)8(11)9(3)5-12-9;3-2(4,5)1(6)7/h6-7H,4-5,10H2,1-3H3;(H,6,7)/t7?,9-;/m1./s1. The molecule has 0 saturated carbocycles. The van der Waals surface area contributed by atoms with Crippen molar-refractivity contribution < 1.29 is 32.6 Å². The molecule has 0 amide bonds. The molecule has 0 aliphatic carbocycles. The molecule has 0 bridgehead atoms. The number of alkyl halides is 3. The summed E-state index contributed by atoms with van der Waals surface area (Å²) in [7, 11) is 0. The van der Waals surface area contributed by atoms with E-state index in [-0.39, 0.29) is 11.8 Å². The maximum absolute atomic E-state index is 11.5. The van der Waals surface area contributed by atoms with E-state index in [1.54, 1.807) is 6.92 Å². The molecule has 1 aliphatic rings. The highest BCUT2D eigenvalue weighted by molar-refractivity contribution is 5.93. The third-order valence-corrected chi connectivity index (χ3v) is 2.40. The number of carboxylic acids is 1. The van der Waals surface area contributed by atoms with Gasteiger partial charge in [-0.1, -0.05) is 13.8 Å². The Bertz CT molecular complexity index is 337. The largest absolute Gasteiger partial charge is 0.490 e. The van der Waals surface area contributed by atoms with Crippen LogP contribution in [-0.4, -0.2) is 41.3 Å². The van der Waals surface area contributed by atoms with Crippen LogP contribution in [0.3, 0.4) is 0 Å². The van der Waals surface area contributed by atoms with Crippen molar-refractivity contribution in [3.05, 3.63) is 0 Å². The van der Waals surface area contributed by atoms with Crippen LogP contribution in [0.25, 0.3) is 0 Å². The van der Waals surface area contributed by atoms with Crippen LogP contribution in [0, 0.1) is 5.92 Å². The Balaban J connectivity index is 0.000000399. The number of hydrogen-bond donors (Lipinski definition) is 2. The van der Waals surface area contributed by atoms with Crippen molar-refractivity contribution in [1.29, 1.82) is 0 Å². The van der Waals surface area contributed by atoms with Crippen molar-refractivity contribution >= 4 is 11.8 Å². The zero-order chi connectivity index (χ0) is 15.4. The number of rotatable bonds is 4. The van der Waals surface area contributed by atoms with Gasteiger partial charge in [0.1, 0.15) is 5.60 Å². The van der Waals surface area contributed by atoms with Gasteiger partial charge in [0.25, 0.3) is 0 Å². The van der Waals surface area contributed by atoms with E-state index in [4.69, 9.17) is 20.4 Å². The zero-order valence-electron chi connectivity index (χ0n) is 11.0. The van der Waals surface area contributed by atoms with Gasteiger partial charge in [0, 0.05) is 0 Å². The minimum absolute atomic E-state index is 0.0520. The molecule has 1 unspecified atom stereocenters. The first-order chi connectivity index (χ1) is 8.40. The van der Waals surface area contributed by atoms with Crippen LogP contribution >= 0.6 is 0 Å². The number of carbonyl (C=O) groups excluding carboxylic acids is 1. The first kappa shape index (κ1) is 17.8. The normalized spacial score (nSPS) is 23.4. The summed E-state index contributed by atoms with van der Waals surface area (Å²) in [5, 5.41) is 7.12. The molecule has 8 heteroatoms. The first-order valence-corrected chi connectivity index (χ1v) is 5.64. The second-order valence-electron chi connectivity index (χ2n) is 4.92. The molecule has 0 spiro atoms. The van der Waals surface area contributed by atoms with Gasteiger partial charge in [0.2, 0.25) is 0 Å². The fraction of sp³-hybridized carbons (Fsp3) is 0.818. The quantitative estimate of drug-likeness (QED) is 0.761.